The molecule has 68 valence electrons. The van der Waals surface area contributed by atoms with Gasteiger partial charge in [0.1, 0.15) is 0 Å². The summed E-state index contributed by atoms with van der Waals surface area (Å²) in [6, 6.07) is 0. The van der Waals surface area contributed by atoms with Crippen molar-refractivity contribution in [3.8, 4) is 0 Å². The summed E-state index contributed by atoms with van der Waals surface area (Å²) in [6.07, 6.45) is 5.35. The number of aliphatic imine (C=N–C) groups is 1. The van der Waals surface area contributed by atoms with Gasteiger partial charge in [-0.15, -0.1) is 0 Å². The van der Waals surface area contributed by atoms with Crippen LogP contribution in [0.4, 0.5) is 0 Å². The van der Waals surface area contributed by atoms with E-state index >= 15 is 0 Å². The maximum absolute atomic E-state index is 11.3. The van der Waals surface area contributed by atoms with Crippen molar-refractivity contribution in [2.75, 3.05) is 0 Å². The Hall–Kier alpha value is -1.06. The van der Waals surface area contributed by atoms with Crippen LogP contribution in [0.25, 0.3) is 0 Å². The molecule has 4 heteroatoms. The molecule has 1 amide bonds. The molecule has 0 unspecified atom stereocenters. The molecular weight excluding hydrogens is 154 g/mol. The zero-order valence-corrected chi connectivity index (χ0v) is 7.12. The van der Waals surface area contributed by atoms with Gasteiger partial charge in [-0.25, -0.2) is 0 Å². The molecule has 0 aromatic rings. The first kappa shape index (κ1) is 9.03. The topological polar surface area (TPSA) is 81.5 Å². The molecule has 1 rings (SSSR count). The van der Waals surface area contributed by atoms with Crippen LogP contribution in [0.5, 0.6) is 0 Å². The number of rotatable bonds is 1. The minimum Gasteiger partial charge on any atom is -0.370 e. The first-order valence-corrected chi connectivity index (χ1v) is 4.33. The van der Waals surface area contributed by atoms with Gasteiger partial charge >= 0.3 is 0 Å². The fourth-order valence-electron chi connectivity index (χ4n) is 1.57. The van der Waals surface area contributed by atoms with Crippen molar-refractivity contribution in [1.82, 2.24) is 0 Å². The van der Waals surface area contributed by atoms with Gasteiger partial charge in [0.05, 0.1) is 0 Å². The van der Waals surface area contributed by atoms with Crippen molar-refractivity contribution < 1.29 is 4.79 Å². The molecule has 0 bridgehead atoms. The third-order valence-electron chi connectivity index (χ3n) is 2.19. The molecular formula is C8H15N3O. The zero-order chi connectivity index (χ0) is 8.97. The van der Waals surface area contributed by atoms with E-state index in [9.17, 15) is 4.79 Å². The van der Waals surface area contributed by atoms with Crippen molar-refractivity contribution in [2.45, 2.75) is 32.1 Å². The first-order chi connectivity index (χ1) is 5.70. The highest BCUT2D eigenvalue weighted by atomic mass is 16.1. The van der Waals surface area contributed by atoms with Crippen LogP contribution in [-0.2, 0) is 4.79 Å². The second-order valence-corrected chi connectivity index (χ2v) is 3.21. The van der Waals surface area contributed by atoms with E-state index < -0.39 is 0 Å². The molecule has 1 fully saturated rings. The molecule has 1 aliphatic carbocycles. The number of carbonyl (C=O) groups is 1. The van der Waals surface area contributed by atoms with Crippen LogP contribution in [0.3, 0.4) is 0 Å². The highest BCUT2D eigenvalue weighted by Crippen LogP contribution is 2.24. The molecule has 1 aliphatic rings. The molecule has 0 spiro atoms. The Labute approximate surface area is 72.0 Å². The van der Waals surface area contributed by atoms with E-state index in [0.717, 1.165) is 25.7 Å². The van der Waals surface area contributed by atoms with E-state index in [1.165, 1.54) is 6.42 Å². The first-order valence-electron chi connectivity index (χ1n) is 4.33. The molecule has 0 aromatic carbocycles. The van der Waals surface area contributed by atoms with Gasteiger partial charge in [-0.3, -0.25) is 4.79 Å². The Morgan fingerprint density at radius 1 is 1.17 bits per heavy atom. The number of guanidine groups is 1. The summed E-state index contributed by atoms with van der Waals surface area (Å²) in [5, 5.41) is 0. The molecule has 0 atom stereocenters. The maximum atomic E-state index is 11.3. The van der Waals surface area contributed by atoms with E-state index in [4.69, 9.17) is 11.5 Å². The van der Waals surface area contributed by atoms with Gasteiger partial charge < -0.3 is 11.5 Å². The Bertz CT molecular complexity index is 190. The SMILES string of the molecule is NC(N)=NC(=O)C1CCCCC1. The van der Waals surface area contributed by atoms with E-state index in [1.54, 1.807) is 0 Å². The summed E-state index contributed by atoms with van der Waals surface area (Å²) >= 11 is 0. The summed E-state index contributed by atoms with van der Waals surface area (Å²) in [7, 11) is 0. The van der Waals surface area contributed by atoms with Crippen molar-refractivity contribution in [1.29, 1.82) is 0 Å². The second kappa shape index (κ2) is 4.09. The minimum absolute atomic E-state index is 0.0702. The fraction of sp³-hybridized carbons (Fsp3) is 0.750. The van der Waals surface area contributed by atoms with E-state index in [2.05, 4.69) is 4.99 Å². The lowest BCUT2D eigenvalue weighted by Crippen LogP contribution is -2.26. The highest BCUT2D eigenvalue weighted by molar-refractivity contribution is 5.92. The lowest BCUT2D eigenvalue weighted by Gasteiger charge is -2.17. The largest absolute Gasteiger partial charge is 0.370 e. The number of hydrogen-bond acceptors (Lipinski definition) is 1. The number of nitrogens with two attached hydrogens (primary N) is 2. The quantitative estimate of drug-likeness (QED) is 0.439. The van der Waals surface area contributed by atoms with Gasteiger partial charge in [-0.2, -0.15) is 4.99 Å². The van der Waals surface area contributed by atoms with Crippen LogP contribution in [0, 0.1) is 5.92 Å². The van der Waals surface area contributed by atoms with Gasteiger partial charge in [-0.1, -0.05) is 19.3 Å². The summed E-state index contributed by atoms with van der Waals surface area (Å²) in [5.74, 6) is -0.193. The molecule has 0 aromatic heterocycles. The fourth-order valence-corrected chi connectivity index (χ4v) is 1.57. The van der Waals surface area contributed by atoms with Crippen LogP contribution < -0.4 is 11.5 Å². The van der Waals surface area contributed by atoms with Gasteiger partial charge in [-0.05, 0) is 12.8 Å². The van der Waals surface area contributed by atoms with Crippen LogP contribution in [-0.4, -0.2) is 11.9 Å². The summed E-state index contributed by atoms with van der Waals surface area (Å²) in [5.41, 5.74) is 10.2. The Kier molecular flexibility index (Phi) is 3.08. The van der Waals surface area contributed by atoms with E-state index in [-0.39, 0.29) is 17.8 Å². The zero-order valence-electron chi connectivity index (χ0n) is 7.12. The molecule has 12 heavy (non-hydrogen) atoms. The maximum Gasteiger partial charge on any atom is 0.251 e. The molecule has 4 N–H and O–H groups in total. The Balaban J connectivity index is 2.45. The molecule has 1 saturated carbocycles. The lowest BCUT2D eigenvalue weighted by atomic mass is 9.89. The van der Waals surface area contributed by atoms with E-state index in [1.807, 2.05) is 0 Å². The molecule has 0 aliphatic heterocycles. The van der Waals surface area contributed by atoms with Crippen molar-refractivity contribution >= 4 is 11.9 Å². The van der Waals surface area contributed by atoms with Crippen LogP contribution >= 0.6 is 0 Å². The van der Waals surface area contributed by atoms with Gasteiger partial charge in [0.25, 0.3) is 5.91 Å². The Morgan fingerprint density at radius 2 is 1.75 bits per heavy atom. The van der Waals surface area contributed by atoms with Gasteiger partial charge in [0.15, 0.2) is 5.96 Å². The lowest BCUT2D eigenvalue weighted by molar-refractivity contribution is -0.122. The predicted molar refractivity (Wildman–Crippen MR) is 47.4 cm³/mol. The van der Waals surface area contributed by atoms with Gasteiger partial charge in [0.2, 0.25) is 0 Å². The smallest absolute Gasteiger partial charge is 0.251 e. The summed E-state index contributed by atoms with van der Waals surface area (Å²) in [6.45, 7) is 0. The monoisotopic (exact) mass is 169 g/mol. The van der Waals surface area contributed by atoms with Crippen molar-refractivity contribution in [3.05, 3.63) is 0 Å². The molecule has 4 nitrogen and oxygen atoms in total. The predicted octanol–water partition coefficient (Wildman–Crippen LogP) is 0.367. The van der Waals surface area contributed by atoms with Crippen LogP contribution in [0.2, 0.25) is 0 Å². The number of nitrogens with zero attached hydrogens (tertiary/aromatic N) is 1. The standard InChI is InChI=1S/C8H15N3O/c9-8(10)11-7(12)6-4-2-1-3-5-6/h6H,1-5H2,(H4,9,10,11,12). The second-order valence-electron chi connectivity index (χ2n) is 3.21. The Morgan fingerprint density at radius 3 is 2.25 bits per heavy atom. The van der Waals surface area contributed by atoms with Gasteiger partial charge in [0, 0.05) is 5.92 Å². The normalized spacial score (nSPS) is 18.7. The average molecular weight is 169 g/mol. The van der Waals surface area contributed by atoms with Crippen LogP contribution in [0.1, 0.15) is 32.1 Å². The van der Waals surface area contributed by atoms with Crippen molar-refractivity contribution in [3.63, 3.8) is 0 Å². The van der Waals surface area contributed by atoms with E-state index in [0.29, 0.717) is 0 Å². The molecule has 0 radical (unpaired) electrons. The average Bonchev–Trinajstić information content (AvgIpc) is 2.05. The van der Waals surface area contributed by atoms with Crippen LogP contribution in [0.15, 0.2) is 4.99 Å². The third-order valence-corrected chi connectivity index (χ3v) is 2.19. The number of hydrogen-bond donors (Lipinski definition) is 2. The van der Waals surface area contributed by atoms with Crippen molar-refractivity contribution in [2.24, 2.45) is 22.4 Å². The number of carbonyl (C=O) groups excluding carboxylic acids is 1. The molecule has 0 heterocycles. The highest BCUT2D eigenvalue weighted by Gasteiger charge is 2.20. The number of amides is 1. The molecule has 0 saturated heterocycles. The third kappa shape index (κ3) is 2.53. The minimum atomic E-state index is -0.144. The summed E-state index contributed by atoms with van der Waals surface area (Å²) < 4.78 is 0. The summed E-state index contributed by atoms with van der Waals surface area (Å²) in [4.78, 5) is 14.8.